The van der Waals surface area contributed by atoms with E-state index in [2.05, 4.69) is 23.3 Å². The van der Waals surface area contributed by atoms with Crippen molar-refractivity contribution in [3.8, 4) is 10.4 Å². The number of thiophene rings is 1. The second-order valence-electron chi connectivity index (χ2n) is 5.77. The van der Waals surface area contributed by atoms with Crippen molar-refractivity contribution in [2.24, 2.45) is 5.10 Å². The third-order valence-electron chi connectivity index (χ3n) is 4.06. The van der Waals surface area contributed by atoms with Gasteiger partial charge in [-0.15, -0.1) is 11.3 Å². The quantitative estimate of drug-likeness (QED) is 0.667. The normalized spacial score (nSPS) is 13.8. The first-order valence-corrected chi connectivity index (χ1v) is 8.83. The van der Waals surface area contributed by atoms with Crippen LogP contribution in [0.4, 0.5) is 4.39 Å². The molecular weight excluding hydrogens is 335 g/mol. The smallest absolute Gasteiger partial charge is 0.267 e. The number of benzene rings is 2. The van der Waals surface area contributed by atoms with Crippen LogP contribution in [0.15, 0.2) is 71.8 Å². The molecule has 3 aromatic rings. The fraction of sp³-hybridized carbons (Fsp3) is 0.100. The Morgan fingerprint density at radius 2 is 1.80 bits per heavy atom. The van der Waals surface area contributed by atoms with Gasteiger partial charge in [0.2, 0.25) is 0 Å². The molecule has 0 saturated heterocycles. The zero-order chi connectivity index (χ0) is 17.2. The van der Waals surface area contributed by atoms with Crippen molar-refractivity contribution in [1.82, 2.24) is 5.01 Å². The van der Waals surface area contributed by atoms with Gasteiger partial charge in [0.1, 0.15) is 5.82 Å². The molecule has 0 unspecified atom stereocenters. The highest BCUT2D eigenvalue weighted by atomic mass is 32.1. The first-order valence-electron chi connectivity index (χ1n) is 8.01. The molecule has 2 aromatic carbocycles. The highest BCUT2D eigenvalue weighted by molar-refractivity contribution is 7.17. The maximum Gasteiger partial charge on any atom is 0.274 e. The van der Waals surface area contributed by atoms with E-state index in [0.29, 0.717) is 18.5 Å². The van der Waals surface area contributed by atoms with Crippen LogP contribution in [-0.4, -0.2) is 23.2 Å². The van der Waals surface area contributed by atoms with Crippen LogP contribution >= 0.6 is 11.3 Å². The lowest BCUT2D eigenvalue weighted by Gasteiger charge is -2.11. The summed E-state index contributed by atoms with van der Waals surface area (Å²) in [6.45, 7) is 0.517. The first-order chi connectivity index (χ1) is 12.2. The standard InChI is InChI=1S/C20H15FN2OS/c21-16-8-4-7-15(13-16)20(24)23-12-11-17(22-23)19-10-9-18(25-19)14-5-2-1-3-6-14/h1-10,13H,11-12H2. The number of hydrogen-bond donors (Lipinski definition) is 0. The van der Waals surface area contributed by atoms with Gasteiger partial charge in [0.15, 0.2) is 0 Å². The van der Waals surface area contributed by atoms with E-state index in [0.717, 1.165) is 10.6 Å². The van der Waals surface area contributed by atoms with Gasteiger partial charge in [0.05, 0.1) is 17.1 Å². The van der Waals surface area contributed by atoms with E-state index in [1.807, 2.05) is 24.3 Å². The van der Waals surface area contributed by atoms with Crippen molar-refractivity contribution in [2.75, 3.05) is 6.54 Å². The van der Waals surface area contributed by atoms with E-state index >= 15 is 0 Å². The molecule has 1 amide bonds. The highest BCUT2D eigenvalue weighted by Crippen LogP contribution is 2.30. The van der Waals surface area contributed by atoms with Crippen molar-refractivity contribution in [2.45, 2.75) is 6.42 Å². The van der Waals surface area contributed by atoms with E-state index in [4.69, 9.17) is 0 Å². The molecular formula is C20H15FN2OS. The van der Waals surface area contributed by atoms with Gasteiger partial charge in [-0.3, -0.25) is 4.79 Å². The minimum atomic E-state index is -0.417. The van der Waals surface area contributed by atoms with Crippen LogP contribution < -0.4 is 0 Å². The summed E-state index contributed by atoms with van der Waals surface area (Å²) in [5, 5.41) is 5.88. The summed E-state index contributed by atoms with van der Waals surface area (Å²) in [5.41, 5.74) is 2.39. The number of nitrogens with zero attached hydrogens (tertiary/aromatic N) is 2. The Bertz CT molecular complexity index is 949. The number of hydrazone groups is 1. The molecule has 1 aliphatic rings. The number of amides is 1. The summed E-state index contributed by atoms with van der Waals surface area (Å²) in [5.74, 6) is -0.686. The molecule has 4 rings (SSSR count). The number of carbonyl (C=O) groups is 1. The van der Waals surface area contributed by atoms with Crippen LogP contribution in [0.1, 0.15) is 21.7 Å². The van der Waals surface area contributed by atoms with Crippen molar-refractivity contribution in [1.29, 1.82) is 0 Å². The minimum absolute atomic E-state index is 0.269. The second kappa shape index (κ2) is 6.61. The lowest BCUT2D eigenvalue weighted by atomic mass is 10.2. The number of rotatable bonds is 3. The fourth-order valence-electron chi connectivity index (χ4n) is 2.80. The predicted octanol–water partition coefficient (Wildman–Crippen LogP) is 4.80. The van der Waals surface area contributed by atoms with Crippen molar-refractivity contribution >= 4 is 23.0 Å². The van der Waals surface area contributed by atoms with E-state index in [1.54, 1.807) is 17.4 Å². The summed E-state index contributed by atoms with van der Waals surface area (Å²) in [4.78, 5) is 14.7. The van der Waals surface area contributed by atoms with Crippen LogP contribution in [0.5, 0.6) is 0 Å². The van der Waals surface area contributed by atoms with E-state index < -0.39 is 5.82 Å². The molecule has 5 heteroatoms. The van der Waals surface area contributed by atoms with E-state index in [-0.39, 0.29) is 5.91 Å². The zero-order valence-electron chi connectivity index (χ0n) is 13.4. The summed E-state index contributed by atoms with van der Waals surface area (Å²) in [6, 6.07) is 20.0. The lowest BCUT2D eigenvalue weighted by Crippen LogP contribution is -2.23. The average Bonchev–Trinajstić information content (AvgIpc) is 3.31. The topological polar surface area (TPSA) is 32.7 Å². The highest BCUT2D eigenvalue weighted by Gasteiger charge is 2.23. The maximum atomic E-state index is 13.3. The largest absolute Gasteiger partial charge is 0.274 e. The average molecular weight is 350 g/mol. The van der Waals surface area contributed by atoms with Gasteiger partial charge in [0.25, 0.3) is 5.91 Å². The monoisotopic (exact) mass is 350 g/mol. The molecule has 0 N–H and O–H groups in total. The van der Waals surface area contributed by atoms with Crippen LogP contribution in [0, 0.1) is 5.82 Å². The molecule has 0 saturated carbocycles. The van der Waals surface area contributed by atoms with Gasteiger partial charge in [-0.25, -0.2) is 9.40 Å². The Morgan fingerprint density at radius 3 is 2.60 bits per heavy atom. The van der Waals surface area contributed by atoms with E-state index in [1.165, 1.54) is 33.6 Å². The molecule has 3 nitrogen and oxygen atoms in total. The van der Waals surface area contributed by atoms with Gasteiger partial charge < -0.3 is 0 Å². The van der Waals surface area contributed by atoms with Crippen LogP contribution in [0.2, 0.25) is 0 Å². The molecule has 0 spiro atoms. The van der Waals surface area contributed by atoms with Crippen LogP contribution in [-0.2, 0) is 0 Å². The SMILES string of the molecule is O=C(c1cccc(F)c1)N1CCC(c2ccc(-c3ccccc3)s2)=N1. The predicted molar refractivity (Wildman–Crippen MR) is 98.3 cm³/mol. The maximum absolute atomic E-state index is 13.3. The van der Waals surface area contributed by atoms with Gasteiger partial charge in [-0.05, 0) is 35.9 Å². The summed E-state index contributed by atoms with van der Waals surface area (Å²) in [7, 11) is 0. The summed E-state index contributed by atoms with van der Waals surface area (Å²) < 4.78 is 13.3. The zero-order valence-corrected chi connectivity index (χ0v) is 14.2. The Hall–Kier alpha value is -2.79. The van der Waals surface area contributed by atoms with Crippen molar-refractivity contribution < 1.29 is 9.18 Å². The van der Waals surface area contributed by atoms with Gasteiger partial charge in [0, 0.05) is 16.9 Å². The number of halogens is 1. The van der Waals surface area contributed by atoms with Gasteiger partial charge >= 0.3 is 0 Å². The Kier molecular flexibility index (Phi) is 4.15. The number of carbonyl (C=O) groups excluding carboxylic acids is 1. The Labute approximate surface area is 149 Å². The molecule has 1 aromatic heterocycles. The molecule has 0 atom stereocenters. The minimum Gasteiger partial charge on any atom is -0.267 e. The molecule has 124 valence electrons. The molecule has 1 aliphatic heterocycles. The molecule has 0 fully saturated rings. The van der Waals surface area contributed by atoms with Gasteiger partial charge in [-0.2, -0.15) is 5.10 Å². The van der Waals surface area contributed by atoms with E-state index in [9.17, 15) is 9.18 Å². The van der Waals surface area contributed by atoms with Gasteiger partial charge in [-0.1, -0.05) is 36.4 Å². The van der Waals surface area contributed by atoms with Crippen molar-refractivity contribution in [3.05, 3.63) is 83.0 Å². The molecule has 0 aliphatic carbocycles. The molecule has 2 heterocycles. The fourth-order valence-corrected chi connectivity index (χ4v) is 3.82. The second-order valence-corrected chi connectivity index (χ2v) is 6.85. The third-order valence-corrected chi connectivity index (χ3v) is 5.24. The number of hydrogen-bond acceptors (Lipinski definition) is 3. The Morgan fingerprint density at radius 1 is 1.00 bits per heavy atom. The van der Waals surface area contributed by atoms with Crippen LogP contribution in [0.3, 0.4) is 0 Å². The summed E-state index contributed by atoms with van der Waals surface area (Å²) >= 11 is 1.67. The summed E-state index contributed by atoms with van der Waals surface area (Å²) in [6.07, 6.45) is 0.704. The van der Waals surface area contributed by atoms with Crippen LogP contribution in [0.25, 0.3) is 10.4 Å². The van der Waals surface area contributed by atoms with Crippen molar-refractivity contribution in [3.63, 3.8) is 0 Å². The lowest BCUT2D eigenvalue weighted by molar-refractivity contribution is 0.0778. The molecule has 0 radical (unpaired) electrons. The molecule has 0 bridgehead atoms. The first kappa shape index (κ1) is 15.7. The third kappa shape index (κ3) is 3.23. The molecule has 25 heavy (non-hydrogen) atoms. The Balaban J connectivity index is 1.56.